The van der Waals surface area contributed by atoms with Gasteiger partial charge in [0, 0.05) is 17.5 Å². The first-order chi connectivity index (χ1) is 9.69. The molecule has 1 aliphatic rings. The van der Waals surface area contributed by atoms with Gasteiger partial charge in [-0.25, -0.2) is 4.98 Å². The van der Waals surface area contributed by atoms with Crippen LogP contribution in [-0.4, -0.2) is 22.6 Å². The number of hydrogen-bond acceptors (Lipinski definition) is 5. The van der Waals surface area contributed by atoms with E-state index >= 15 is 0 Å². The Balaban J connectivity index is 2.10. The van der Waals surface area contributed by atoms with Crippen LogP contribution in [0, 0.1) is 6.92 Å². The summed E-state index contributed by atoms with van der Waals surface area (Å²) < 4.78 is 0. The van der Waals surface area contributed by atoms with Crippen LogP contribution >= 0.6 is 11.3 Å². The van der Waals surface area contributed by atoms with Crippen molar-refractivity contribution in [1.29, 1.82) is 0 Å². The molecule has 0 aromatic carbocycles. The molecule has 108 valence electrons. The van der Waals surface area contributed by atoms with Gasteiger partial charge in [-0.05, 0) is 32.3 Å². The molecule has 1 fully saturated rings. The van der Waals surface area contributed by atoms with Crippen molar-refractivity contribution < 1.29 is 0 Å². The second-order valence-electron chi connectivity index (χ2n) is 5.59. The standard InChI is InChI=1S/C15H22N4S/c1-3-11-7-5-4-6-8-19(11)13-12-9-10(2)20-14(12)18-15(16)17-13/h9,11H,3-8H2,1-2H3,(H2,16,17,18). The number of fused-ring (bicyclic) bond motifs is 1. The van der Waals surface area contributed by atoms with Gasteiger partial charge < -0.3 is 10.6 Å². The van der Waals surface area contributed by atoms with Gasteiger partial charge in [0.2, 0.25) is 5.95 Å². The van der Waals surface area contributed by atoms with E-state index in [2.05, 4.69) is 34.8 Å². The van der Waals surface area contributed by atoms with Gasteiger partial charge in [0.15, 0.2) is 0 Å². The number of nitrogens with zero attached hydrogens (tertiary/aromatic N) is 3. The Morgan fingerprint density at radius 1 is 1.35 bits per heavy atom. The summed E-state index contributed by atoms with van der Waals surface area (Å²) in [5.74, 6) is 1.44. The van der Waals surface area contributed by atoms with Gasteiger partial charge in [-0.3, -0.25) is 0 Å². The number of aromatic nitrogens is 2. The minimum absolute atomic E-state index is 0.397. The largest absolute Gasteiger partial charge is 0.368 e. The lowest BCUT2D eigenvalue weighted by molar-refractivity contribution is 0.553. The zero-order valence-corrected chi connectivity index (χ0v) is 13.0. The third-order valence-corrected chi connectivity index (χ3v) is 5.08. The molecule has 0 amide bonds. The van der Waals surface area contributed by atoms with Gasteiger partial charge >= 0.3 is 0 Å². The molecule has 3 heterocycles. The zero-order chi connectivity index (χ0) is 14.1. The average molecular weight is 290 g/mol. The van der Waals surface area contributed by atoms with E-state index in [4.69, 9.17) is 5.73 Å². The second-order valence-corrected chi connectivity index (χ2v) is 6.82. The Morgan fingerprint density at radius 3 is 3.00 bits per heavy atom. The molecule has 1 atom stereocenters. The Morgan fingerprint density at radius 2 is 2.20 bits per heavy atom. The maximum absolute atomic E-state index is 5.92. The van der Waals surface area contributed by atoms with Crippen molar-refractivity contribution in [3.05, 3.63) is 10.9 Å². The third kappa shape index (κ3) is 2.46. The van der Waals surface area contributed by atoms with E-state index in [1.54, 1.807) is 11.3 Å². The number of anilines is 2. The smallest absolute Gasteiger partial charge is 0.223 e. The van der Waals surface area contributed by atoms with Crippen molar-refractivity contribution in [2.45, 2.75) is 52.0 Å². The van der Waals surface area contributed by atoms with E-state index in [0.29, 0.717) is 12.0 Å². The van der Waals surface area contributed by atoms with Crippen LogP contribution in [0.4, 0.5) is 11.8 Å². The molecule has 3 rings (SSSR count). The lowest BCUT2D eigenvalue weighted by Gasteiger charge is -2.30. The molecule has 0 saturated carbocycles. The summed E-state index contributed by atoms with van der Waals surface area (Å²) in [6.07, 6.45) is 6.30. The number of rotatable bonds is 2. The number of nitrogens with two attached hydrogens (primary N) is 1. The molecule has 2 N–H and O–H groups in total. The van der Waals surface area contributed by atoms with Gasteiger partial charge in [-0.2, -0.15) is 4.98 Å². The number of thiophene rings is 1. The normalized spacial score (nSPS) is 20.3. The summed E-state index contributed by atoms with van der Waals surface area (Å²) in [5.41, 5.74) is 5.92. The summed E-state index contributed by atoms with van der Waals surface area (Å²) in [4.78, 5) is 13.7. The van der Waals surface area contributed by atoms with Crippen LogP contribution in [-0.2, 0) is 0 Å². The maximum atomic E-state index is 5.92. The lowest BCUT2D eigenvalue weighted by atomic mass is 10.1. The van der Waals surface area contributed by atoms with Crippen molar-refractivity contribution in [2.75, 3.05) is 17.2 Å². The monoisotopic (exact) mass is 290 g/mol. The molecule has 0 spiro atoms. The van der Waals surface area contributed by atoms with Crippen LogP contribution in [0.5, 0.6) is 0 Å². The summed E-state index contributed by atoms with van der Waals surface area (Å²) in [5, 5.41) is 1.17. The fourth-order valence-corrected chi connectivity index (χ4v) is 4.02. The van der Waals surface area contributed by atoms with E-state index in [1.165, 1.54) is 35.9 Å². The van der Waals surface area contributed by atoms with E-state index in [-0.39, 0.29) is 0 Å². The molecule has 2 aromatic rings. The first kappa shape index (κ1) is 13.6. The molecule has 0 bridgehead atoms. The van der Waals surface area contributed by atoms with Crippen molar-refractivity contribution >= 4 is 33.3 Å². The highest BCUT2D eigenvalue weighted by molar-refractivity contribution is 7.18. The van der Waals surface area contributed by atoms with Crippen molar-refractivity contribution in [3.8, 4) is 0 Å². The highest BCUT2D eigenvalue weighted by atomic mass is 32.1. The fraction of sp³-hybridized carbons (Fsp3) is 0.600. The van der Waals surface area contributed by atoms with Crippen LogP contribution in [0.15, 0.2) is 6.07 Å². The van der Waals surface area contributed by atoms with Crippen LogP contribution in [0.2, 0.25) is 0 Å². The minimum atomic E-state index is 0.397. The highest BCUT2D eigenvalue weighted by Crippen LogP contribution is 2.34. The predicted octanol–water partition coefficient (Wildman–Crippen LogP) is 3.74. The van der Waals surface area contributed by atoms with E-state index in [1.807, 2.05) is 0 Å². The molecule has 2 aromatic heterocycles. The van der Waals surface area contributed by atoms with E-state index < -0.39 is 0 Å². The molecule has 5 heteroatoms. The highest BCUT2D eigenvalue weighted by Gasteiger charge is 2.23. The lowest BCUT2D eigenvalue weighted by Crippen LogP contribution is -2.35. The molecular weight excluding hydrogens is 268 g/mol. The Kier molecular flexibility index (Phi) is 3.78. The topological polar surface area (TPSA) is 55.0 Å². The van der Waals surface area contributed by atoms with Gasteiger partial charge in [0.25, 0.3) is 0 Å². The van der Waals surface area contributed by atoms with Crippen LogP contribution in [0.25, 0.3) is 10.2 Å². The fourth-order valence-electron chi connectivity index (χ4n) is 3.14. The summed E-state index contributed by atoms with van der Waals surface area (Å²) in [6, 6.07) is 2.78. The minimum Gasteiger partial charge on any atom is -0.368 e. The maximum Gasteiger partial charge on any atom is 0.223 e. The molecule has 1 unspecified atom stereocenters. The molecule has 1 saturated heterocycles. The molecule has 0 radical (unpaired) electrons. The first-order valence-corrected chi connectivity index (χ1v) is 8.31. The van der Waals surface area contributed by atoms with Crippen molar-refractivity contribution in [1.82, 2.24) is 9.97 Å². The first-order valence-electron chi connectivity index (χ1n) is 7.49. The number of hydrogen-bond donors (Lipinski definition) is 1. The van der Waals surface area contributed by atoms with E-state index in [9.17, 15) is 0 Å². The molecule has 20 heavy (non-hydrogen) atoms. The predicted molar refractivity (Wildman–Crippen MR) is 86.5 cm³/mol. The van der Waals surface area contributed by atoms with Crippen LogP contribution in [0.3, 0.4) is 0 Å². The molecule has 0 aliphatic carbocycles. The Hall–Kier alpha value is -1.36. The number of aryl methyl sites for hydroxylation is 1. The molecule has 4 nitrogen and oxygen atoms in total. The van der Waals surface area contributed by atoms with Gasteiger partial charge in [0.05, 0.1) is 5.39 Å². The summed E-state index contributed by atoms with van der Waals surface area (Å²) in [6.45, 7) is 5.47. The summed E-state index contributed by atoms with van der Waals surface area (Å²) in [7, 11) is 0. The van der Waals surface area contributed by atoms with Crippen molar-refractivity contribution in [2.24, 2.45) is 0 Å². The quantitative estimate of drug-likeness (QED) is 0.915. The Bertz CT molecular complexity index is 607. The van der Waals surface area contributed by atoms with Gasteiger partial charge in [-0.15, -0.1) is 11.3 Å². The Labute approximate surface area is 124 Å². The average Bonchev–Trinajstić information content (AvgIpc) is 2.65. The van der Waals surface area contributed by atoms with Crippen LogP contribution in [0.1, 0.15) is 43.9 Å². The van der Waals surface area contributed by atoms with Crippen LogP contribution < -0.4 is 10.6 Å². The SMILES string of the molecule is CCC1CCCCCN1c1nc(N)nc2sc(C)cc12. The van der Waals surface area contributed by atoms with E-state index in [0.717, 1.165) is 23.6 Å². The molecule has 1 aliphatic heterocycles. The number of nitrogen functional groups attached to an aromatic ring is 1. The third-order valence-electron chi connectivity index (χ3n) is 4.13. The van der Waals surface area contributed by atoms with Gasteiger partial charge in [-0.1, -0.05) is 19.8 Å². The molecular formula is C15H22N4S. The summed E-state index contributed by atoms with van der Waals surface area (Å²) >= 11 is 1.70. The van der Waals surface area contributed by atoms with Gasteiger partial charge in [0.1, 0.15) is 10.6 Å². The van der Waals surface area contributed by atoms with Crippen molar-refractivity contribution in [3.63, 3.8) is 0 Å². The second kappa shape index (κ2) is 5.56. The zero-order valence-electron chi connectivity index (χ0n) is 12.2.